The summed E-state index contributed by atoms with van der Waals surface area (Å²) in [6.07, 6.45) is 6.47. The molecule has 1 aliphatic rings. The normalized spacial score (nSPS) is 26.8. The monoisotopic (exact) mass is 277 g/mol. The molecule has 0 spiro atoms. The summed E-state index contributed by atoms with van der Waals surface area (Å²) in [5, 5.41) is 3.24. The standard InChI is InChI=1S/C16H27N3O/c1-12(2)19-10-6-8-14(19)15(20)18-16(11-17)9-5-4-7-13(16)3/h6,8,10,12-13H,4-5,7,9,11,17H2,1-3H3,(H,18,20). The van der Waals surface area contributed by atoms with Crippen LogP contribution in [0.2, 0.25) is 0 Å². The van der Waals surface area contributed by atoms with Crippen molar-refractivity contribution in [1.29, 1.82) is 0 Å². The molecule has 2 atom stereocenters. The zero-order chi connectivity index (χ0) is 14.8. The third-order valence-electron chi connectivity index (χ3n) is 4.75. The van der Waals surface area contributed by atoms with Crippen LogP contribution in [0, 0.1) is 5.92 Å². The smallest absolute Gasteiger partial charge is 0.268 e. The van der Waals surface area contributed by atoms with E-state index >= 15 is 0 Å². The maximum absolute atomic E-state index is 12.6. The number of aromatic nitrogens is 1. The highest BCUT2D eigenvalue weighted by molar-refractivity contribution is 5.93. The summed E-state index contributed by atoms with van der Waals surface area (Å²) < 4.78 is 2.01. The van der Waals surface area contributed by atoms with Crippen LogP contribution in [0.4, 0.5) is 0 Å². The van der Waals surface area contributed by atoms with Gasteiger partial charge >= 0.3 is 0 Å². The first-order valence-electron chi connectivity index (χ1n) is 7.69. The number of nitrogens with zero attached hydrogens (tertiary/aromatic N) is 1. The predicted molar refractivity (Wildman–Crippen MR) is 81.7 cm³/mol. The molecule has 3 N–H and O–H groups in total. The van der Waals surface area contributed by atoms with Gasteiger partial charge in [0.15, 0.2) is 0 Å². The van der Waals surface area contributed by atoms with Crippen LogP contribution < -0.4 is 11.1 Å². The third-order valence-corrected chi connectivity index (χ3v) is 4.75. The maximum atomic E-state index is 12.6. The molecule has 1 fully saturated rings. The van der Waals surface area contributed by atoms with Gasteiger partial charge in [0.2, 0.25) is 0 Å². The van der Waals surface area contributed by atoms with Crippen LogP contribution in [-0.2, 0) is 0 Å². The molecule has 4 heteroatoms. The molecule has 1 aliphatic carbocycles. The van der Waals surface area contributed by atoms with Crippen molar-refractivity contribution >= 4 is 5.91 Å². The number of nitrogens with two attached hydrogens (primary N) is 1. The Morgan fingerprint density at radius 1 is 1.55 bits per heavy atom. The Labute approximate surface area is 121 Å². The number of amides is 1. The van der Waals surface area contributed by atoms with Gasteiger partial charge in [0.05, 0.1) is 5.54 Å². The van der Waals surface area contributed by atoms with Crippen molar-refractivity contribution in [2.75, 3.05) is 6.54 Å². The maximum Gasteiger partial charge on any atom is 0.268 e. The van der Waals surface area contributed by atoms with E-state index in [-0.39, 0.29) is 17.5 Å². The summed E-state index contributed by atoms with van der Waals surface area (Å²) in [6.45, 7) is 6.88. The van der Waals surface area contributed by atoms with Crippen LogP contribution in [0.3, 0.4) is 0 Å². The van der Waals surface area contributed by atoms with Crippen LogP contribution >= 0.6 is 0 Å². The van der Waals surface area contributed by atoms with Crippen molar-refractivity contribution < 1.29 is 4.79 Å². The Hall–Kier alpha value is -1.29. The van der Waals surface area contributed by atoms with E-state index in [4.69, 9.17) is 5.73 Å². The highest BCUT2D eigenvalue weighted by atomic mass is 16.2. The zero-order valence-electron chi connectivity index (χ0n) is 12.9. The van der Waals surface area contributed by atoms with E-state index in [0.717, 1.165) is 25.0 Å². The van der Waals surface area contributed by atoms with Crippen LogP contribution in [-0.4, -0.2) is 22.6 Å². The summed E-state index contributed by atoms with van der Waals surface area (Å²) in [4.78, 5) is 12.6. The number of carbonyl (C=O) groups is 1. The first kappa shape index (κ1) is 15.1. The van der Waals surface area contributed by atoms with Crippen LogP contribution in [0.1, 0.15) is 63.0 Å². The summed E-state index contributed by atoms with van der Waals surface area (Å²) in [7, 11) is 0. The highest BCUT2D eigenvalue weighted by Gasteiger charge is 2.38. The minimum absolute atomic E-state index is 0.00269. The molecule has 1 heterocycles. The molecule has 1 aromatic heterocycles. The molecule has 0 saturated heterocycles. The minimum Gasteiger partial charge on any atom is -0.344 e. The lowest BCUT2D eigenvalue weighted by Crippen LogP contribution is -2.59. The van der Waals surface area contributed by atoms with Crippen molar-refractivity contribution in [2.45, 2.75) is 58.0 Å². The van der Waals surface area contributed by atoms with Gasteiger partial charge in [0.25, 0.3) is 5.91 Å². The van der Waals surface area contributed by atoms with Gasteiger partial charge < -0.3 is 15.6 Å². The predicted octanol–water partition coefficient (Wildman–Crippen LogP) is 2.71. The summed E-state index contributed by atoms with van der Waals surface area (Å²) in [5.41, 5.74) is 6.50. The van der Waals surface area contributed by atoms with E-state index in [2.05, 4.69) is 26.1 Å². The first-order valence-corrected chi connectivity index (χ1v) is 7.69. The van der Waals surface area contributed by atoms with Gasteiger partial charge in [0, 0.05) is 18.8 Å². The van der Waals surface area contributed by atoms with E-state index < -0.39 is 0 Å². The largest absolute Gasteiger partial charge is 0.344 e. The Bertz CT molecular complexity index is 466. The second-order valence-corrected chi connectivity index (χ2v) is 6.36. The average molecular weight is 277 g/mol. The number of rotatable bonds is 4. The Balaban J connectivity index is 2.19. The first-order chi connectivity index (χ1) is 9.50. The van der Waals surface area contributed by atoms with Crippen LogP contribution in [0.5, 0.6) is 0 Å². The molecule has 2 rings (SSSR count). The zero-order valence-corrected chi connectivity index (χ0v) is 12.9. The minimum atomic E-state index is -0.235. The third kappa shape index (κ3) is 2.75. The molecule has 1 saturated carbocycles. The van der Waals surface area contributed by atoms with E-state index in [0.29, 0.717) is 12.5 Å². The summed E-state index contributed by atoms with van der Waals surface area (Å²) >= 11 is 0. The van der Waals surface area contributed by atoms with Crippen molar-refractivity contribution in [1.82, 2.24) is 9.88 Å². The Kier molecular flexibility index (Phi) is 4.53. The molecule has 112 valence electrons. The lowest BCUT2D eigenvalue weighted by Gasteiger charge is -2.42. The second-order valence-electron chi connectivity index (χ2n) is 6.36. The van der Waals surface area contributed by atoms with Gasteiger partial charge in [-0.15, -0.1) is 0 Å². The van der Waals surface area contributed by atoms with Crippen molar-refractivity contribution in [3.05, 3.63) is 24.0 Å². The SMILES string of the molecule is CC(C)n1cccc1C(=O)NC1(CN)CCCCC1C. The van der Waals surface area contributed by atoms with Crippen molar-refractivity contribution in [3.8, 4) is 0 Å². The van der Waals surface area contributed by atoms with Gasteiger partial charge in [-0.1, -0.05) is 19.8 Å². The number of hydrogen-bond acceptors (Lipinski definition) is 2. The van der Waals surface area contributed by atoms with Crippen molar-refractivity contribution in [3.63, 3.8) is 0 Å². The van der Waals surface area contributed by atoms with Crippen LogP contribution in [0.25, 0.3) is 0 Å². The number of hydrogen-bond donors (Lipinski definition) is 2. The number of nitrogens with one attached hydrogen (secondary N) is 1. The lowest BCUT2D eigenvalue weighted by atomic mass is 9.73. The quantitative estimate of drug-likeness (QED) is 0.889. The average Bonchev–Trinajstić information content (AvgIpc) is 2.91. The van der Waals surface area contributed by atoms with E-state index in [1.165, 1.54) is 6.42 Å². The fourth-order valence-electron chi connectivity index (χ4n) is 3.28. The molecule has 4 nitrogen and oxygen atoms in total. The Morgan fingerprint density at radius 3 is 2.90 bits per heavy atom. The molecule has 1 amide bonds. The molecule has 2 unspecified atom stereocenters. The van der Waals surface area contributed by atoms with Gasteiger partial charge in [-0.25, -0.2) is 0 Å². The molecule has 0 aliphatic heterocycles. The Morgan fingerprint density at radius 2 is 2.30 bits per heavy atom. The van der Waals surface area contributed by atoms with Crippen molar-refractivity contribution in [2.24, 2.45) is 11.7 Å². The molecular formula is C16H27N3O. The summed E-state index contributed by atoms with van der Waals surface area (Å²) in [6, 6.07) is 4.09. The topological polar surface area (TPSA) is 60.0 Å². The lowest BCUT2D eigenvalue weighted by molar-refractivity contribution is 0.0802. The van der Waals surface area contributed by atoms with E-state index in [1.54, 1.807) is 0 Å². The molecule has 0 radical (unpaired) electrons. The van der Waals surface area contributed by atoms with E-state index in [1.807, 2.05) is 22.9 Å². The number of carbonyl (C=O) groups excluding carboxylic acids is 1. The second kappa shape index (κ2) is 6.00. The van der Waals surface area contributed by atoms with Gasteiger partial charge in [-0.3, -0.25) is 4.79 Å². The van der Waals surface area contributed by atoms with Gasteiger partial charge in [0.1, 0.15) is 5.69 Å². The van der Waals surface area contributed by atoms with Gasteiger partial charge in [-0.2, -0.15) is 0 Å². The van der Waals surface area contributed by atoms with Gasteiger partial charge in [-0.05, 0) is 44.7 Å². The summed E-state index contributed by atoms with van der Waals surface area (Å²) in [5.74, 6) is 0.440. The highest BCUT2D eigenvalue weighted by Crippen LogP contribution is 2.33. The fraction of sp³-hybridized carbons (Fsp3) is 0.688. The fourth-order valence-corrected chi connectivity index (χ4v) is 3.28. The molecule has 1 aromatic rings. The van der Waals surface area contributed by atoms with E-state index in [9.17, 15) is 4.79 Å². The molecular weight excluding hydrogens is 250 g/mol. The molecule has 0 bridgehead atoms. The van der Waals surface area contributed by atoms with Crippen LogP contribution in [0.15, 0.2) is 18.3 Å². The molecule has 20 heavy (non-hydrogen) atoms. The molecule has 0 aromatic carbocycles.